The molecule has 0 aromatic carbocycles. The van der Waals surface area contributed by atoms with Crippen molar-refractivity contribution in [2.75, 3.05) is 0 Å². The Morgan fingerprint density at radius 3 is 2.57 bits per heavy atom. The standard InChI is InChI=1S/C7H4BrF2NO3/c8-4-3(7(13)14)2(5(9)10)1-11-6(4)12/h1,5H,(H,11,12)(H,13,14). The van der Waals surface area contributed by atoms with Gasteiger partial charge in [0.1, 0.15) is 0 Å². The normalized spacial score (nSPS) is 10.6. The van der Waals surface area contributed by atoms with E-state index in [4.69, 9.17) is 5.11 Å². The average Bonchev–Trinajstić information content (AvgIpc) is 2.08. The zero-order valence-electron chi connectivity index (χ0n) is 6.55. The summed E-state index contributed by atoms with van der Waals surface area (Å²) in [6.45, 7) is 0. The van der Waals surface area contributed by atoms with Gasteiger partial charge in [0.15, 0.2) is 0 Å². The Morgan fingerprint density at radius 2 is 2.14 bits per heavy atom. The lowest BCUT2D eigenvalue weighted by Gasteiger charge is -2.05. The molecule has 7 heteroatoms. The molecule has 0 atom stereocenters. The number of rotatable bonds is 2. The van der Waals surface area contributed by atoms with Gasteiger partial charge in [-0.15, -0.1) is 0 Å². The number of hydrogen-bond donors (Lipinski definition) is 2. The minimum atomic E-state index is -2.95. The van der Waals surface area contributed by atoms with Gasteiger partial charge in [-0.2, -0.15) is 0 Å². The van der Waals surface area contributed by atoms with Crippen molar-refractivity contribution in [1.29, 1.82) is 0 Å². The molecule has 0 unspecified atom stereocenters. The van der Waals surface area contributed by atoms with Crippen LogP contribution < -0.4 is 5.56 Å². The number of carboxylic acids is 1. The van der Waals surface area contributed by atoms with E-state index in [1.165, 1.54) is 0 Å². The van der Waals surface area contributed by atoms with E-state index in [-0.39, 0.29) is 0 Å². The second-order valence-electron chi connectivity index (χ2n) is 2.37. The van der Waals surface area contributed by atoms with Crippen LogP contribution >= 0.6 is 15.9 Å². The van der Waals surface area contributed by atoms with E-state index in [9.17, 15) is 18.4 Å². The van der Waals surface area contributed by atoms with Gasteiger partial charge in [-0.25, -0.2) is 13.6 Å². The molecular formula is C7H4BrF2NO3. The molecule has 2 N–H and O–H groups in total. The third kappa shape index (κ3) is 1.82. The molecule has 1 heterocycles. The summed E-state index contributed by atoms with van der Waals surface area (Å²) in [6.07, 6.45) is -2.25. The monoisotopic (exact) mass is 267 g/mol. The molecule has 4 nitrogen and oxygen atoms in total. The first-order valence-electron chi connectivity index (χ1n) is 3.37. The van der Waals surface area contributed by atoms with Gasteiger partial charge in [-0.3, -0.25) is 4.79 Å². The van der Waals surface area contributed by atoms with E-state index >= 15 is 0 Å². The van der Waals surface area contributed by atoms with Crippen LogP contribution in [-0.4, -0.2) is 16.1 Å². The summed E-state index contributed by atoms with van der Waals surface area (Å²) < 4.78 is 24.2. The first-order valence-corrected chi connectivity index (χ1v) is 4.17. The van der Waals surface area contributed by atoms with Gasteiger partial charge >= 0.3 is 5.97 Å². The maximum atomic E-state index is 12.3. The largest absolute Gasteiger partial charge is 0.478 e. The van der Waals surface area contributed by atoms with Gasteiger partial charge < -0.3 is 10.1 Å². The Balaban J connectivity index is 3.54. The highest BCUT2D eigenvalue weighted by atomic mass is 79.9. The predicted octanol–water partition coefficient (Wildman–Crippen LogP) is 1.77. The summed E-state index contributed by atoms with van der Waals surface area (Å²) in [6, 6.07) is 0. The van der Waals surface area contributed by atoms with Gasteiger partial charge in [-0.1, -0.05) is 0 Å². The molecule has 76 valence electrons. The summed E-state index contributed by atoms with van der Waals surface area (Å²) in [5.41, 5.74) is -2.18. The van der Waals surface area contributed by atoms with Crippen LogP contribution in [0.3, 0.4) is 0 Å². The average molecular weight is 268 g/mol. The van der Waals surface area contributed by atoms with E-state index in [0.717, 1.165) is 0 Å². The Hall–Kier alpha value is -1.24. The van der Waals surface area contributed by atoms with Crippen LogP contribution in [0.4, 0.5) is 8.78 Å². The number of halogens is 3. The van der Waals surface area contributed by atoms with E-state index in [1.807, 2.05) is 4.98 Å². The van der Waals surface area contributed by atoms with Crippen LogP contribution in [0.1, 0.15) is 22.3 Å². The van der Waals surface area contributed by atoms with Crippen molar-refractivity contribution in [3.63, 3.8) is 0 Å². The molecule has 0 fully saturated rings. The van der Waals surface area contributed by atoms with E-state index in [2.05, 4.69) is 15.9 Å². The number of carbonyl (C=O) groups is 1. The summed E-state index contributed by atoms with van der Waals surface area (Å²) in [5, 5.41) is 8.60. The number of aromatic nitrogens is 1. The topological polar surface area (TPSA) is 70.2 Å². The van der Waals surface area contributed by atoms with Crippen LogP contribution in [0.5, 0.6) is 0 Å². The van der Waals surface area contributed by atoms with E-state index in [0.29, 0.717) is 6.20 Å². The number of pyridine rings is 1. The van der Waals surface area contributed by atoms with Crippen molar-refractivity contribution in [2.45, 2.75) is 6.43 Å². The second kappa shape index (κ2) is 3.87. The van der Waals surface area contributed by atoms with Crippen LogP contribution in [0.2, 0.25) is 0 Å². The SMILES string of the molecule is O=C(O)c1c(C(F)F)c[nH]c(=O)c1Br. The molecule has 0 saturated carbocycles. The van der Waals surface area contributed by atoms with Crippen molar-refractivity contribution < 1.29 is 18.7 Å². The molecule has 0 bridgehead atoms. The fourth-order valence-electron chi connectivity index (χ4n) is 0.909. The highest BCUT2D eigenvalue weighted by Crippen LogP contribution is 2.25. The Bertz CT molecular complexity index is 429. The number of carboxylic acid groups (broad SMARTS) is 1. The fourth-order valence-corrected chi connectivity index (χ4v) is 1.42. The third-order valence-corrected chi connectivity index (χ3v) is 2.27. The first-order chi connectivity index (χ1) is 6.45. The number of aromatic amines is 1. The van der Waals surface area contributed by atoms with Crippen LogP contribution in [0, 0.1) is 0 Å². The van der Waals surface area contributed by atoms with Gasteiger partial charge in [0.05, 0.1) is 10.0 Å². The number of alkyl halides is 2. The van der Waals surface area contributed by atoms with Crippen molar-refractivity contribution >= 4 is 21.9 Å². The molecule has 0 saturated heterocycles. The number of H-pyrrole nitrogens is 1. The molecule has 0 aliphatic carbocycles. The molecule has 0 radical (unpaired) electrons. The minimum Gasteiger partial charge on any atom is -0.478 e. The molecule has 14 heavy (non-hydrogen) atoms. The zero-order chi connectivity index (χ0) is 10.9. The third-order valence-electron chi connectivity index (χ3n) is 1.52. The highest BCUT2D eigenvalue weighted by Gasteiger charge is 2.22. The fraction of sp³-hybridized carbons (Fsp3) is 0.143. The Labute approximate surface area is 84.7 Å². The smallest absolute Gasteiger partial charge is 0.337 e. The summed E-state index contributed by atoms with van der Waals surface area (Å²) in [4.78, 5) is 23.5. The zero-order valence-corrected chi connectivity index (χ0v) is 8.14. The van der Waals surface area contributed by atoms with Crippen molar-refractivity contribution in [3.8, 4) is 0 Å². The Morgan fingerprint density at radius 1 is 1.57 bits per heavy atom. The van der Waals surface area contributed by atoms with Crippen LogP contribution in [0.25, 0.3) is 0 Å². The van der Waals surface area contributed by atoms with Crippen LogP contribution in [0.15, 0.2) is 15.5 Å². The molecule has 1 aromatic rings. The number of aromatic carboxylic acids is 1. The molecule has 1 aromatic heterocycles. The molecule has 0 spiro atoms. The lowest BCUT2D eigenvalue weighted by atomic mass is 10.1. The predicted molar refractivity (Wildman–Crippen MR) is 46.7 cm³/mol. The highest BCUT2D eigenvalue weighted by molar-refractivity contribution is 9.10. The lowest BCUT2D eigenvalue weighted by molar-refractivity contribution is 0.0683. The van der Waals surface area contributed by atoms with Gasteiger partial charge in [0.25, 0.3) is 12.0 Å². The lowest BCUT2D eigenvalue weighted by Crippen LogP contribution is -2.15. The summed E-state index contributed by atoms with van der Waals surface area (Å²) in [5.74, 6) is -1.57. The van der Waals surface area contributed by atoms with E-state index in [1.54, 1.807) is 0 Å². The van der Waals surface area contributed by atoms with Crippen molar-refractivity contribution in [3.05, 3.63) is 32.2 Å². The molecule has 0 aliphatic heterocycles. The van der Waals surface area contributed by atoms with Crippen molar-refractivity contribution in [2.24, 2.45) is 0 Å². The summed E-state index contributed by atoms with van der Waals surface area (Å²) in [7, 11) is 0. The molecular weight excluding hydrogens is 264 g/mol. The van der Waals surface area contributed by atoms with Crippen LogP contribution in [-0.2, 0) is 0 Å². The maximum Gasteiger partial charge on any atom is 0.337 e. The van der Waals surface area contributed by atoms with Crippen molar-refractivity contribution in [1.82, 2.24) is 4.98 Å². The maximum absolute atomic E-state index is 12.3. The molecule has 0 aliphatic rings. The molecule has 1 rings (SSSR count). The van der Waals surface area contributed by atoms with Gasteiger partial charge in [0.2, 0.25) is 0 Å². The van der Waals surface area contributed by atoms with E-state index < -0.39 is 33.6 Å². The molecule has 0 amide bonds. The summed E-state index contributed by atoms with van der Waals surface area (Å²) >= 11 is 2.64. The Kier molecular flexibility index (Phi) is 3.00. The first kappa shape index (κ1) is 10.8. The quantitative estimate of drug-likeness (QED) is 0.858. The van der Waals surface area contributed by atoms with Gasteiger partial charge in [0, 0.05) is 11.8 Å². The number of hydrogen-bond acceptors (Lipinski definition) is 2. The second-order valence-corrected chi connectivity index (χ2v) is 3.16. The minimum absolute atomic E-state index is 0.400. The van der Waals surface area contributed by atoms with Gasteiger partial charge in [-0.05, 0) is 15.9 Å². The number of nitrogens with one attached hydrogen (secondary N) is 1.